The van der Waals surface area contributed by atoms with Crippen LogP contribution in [0.2, 0.25) is 0 Å². The maximum atomic E-state index is 12.2. The third-order valence-corrected chi connectivity index (χ3v) is 2.85. The Morgan fingerprint density at radius 1 is 1.00 bits per heavy atom. The molecular weight excluding hydrogens is 300 g/mol. The maximum Gasteiger partial charge on any atom is 0.276 e. The Bertz CT molecular complexity index is 716. The van der Waals surface area contributed by atoms with Crippen LogP contribution in [-0.4, -0.2) is 36.2 Å². The molecule has 0 saturated carbocycles. The van der Waals surface area contributed by atoms with Gasteiger partial charge in [0.05, 0.1) is 19.9 Å². The molecule has 0 spiro atoms. The molecule has 8 nitrogen and oxygen atoms in total. The highest BCUT2D eigenvalue weighted by Gasteiger charge is 2.13. The minimum Gasteiger partial charge on any atom is -0.495 e. The van der Waals surface area contributed by atoms with Crippen LogP contribution in [0.3, 0.4) is 0 Å². The quantitative estimate of drug-likeness (QED) is 0.870. The zero-order valence-electron chi connectivity index (χ0n) is 12.9. The number of nitrogens with zero attached hydrogens (tertiary/aromatic N) is 2. The molecule has 2 amide bonds. The second-order valence-electron chi connectivity index (χ2n) is 4.51. The molecule has 0 bridgehead atoms. The molecule has 0 fully saturated rings. The Morgan fingerprint density at radius 3 is 2.35 bits per heavy atom. The number of carbonyl (C=O) groups excluding carboxylic acids is 2. The number of methoxy groups -OCH3 is 2. The van der Waals surface area contributed by atoms with Crippen molar-refractivity contribution in [3.63, 3.8) is 0 Å². The number of carbonyl (C=O) groups is 2. The van der Waals surface area contributed by atoms with E-state index in [9.17, 15) is 9.59 Å². The van der Waals surface area contributed by atoms with Crippen molar-refractivity contribution < 1.29 is 19.1 Å². The molecule has 0 saturated heterocycles. The standard InChI is InChI=1S/C15H16N4O4/c1-9(20)16-10-4-6-13(22-2)12(8-10)17-15(21)11-5-7-14(23-3)19-18-11/h4-8H,1-3H3,(H,16,20)(H,17,21). The van der Waals surface area contributed by atoms with E-state index in [1.54, 1.807) is 18.2 Å². The minimum atomic E-state index is -0.460. The molecule has 0 aliphatic carbocycles. The molecule has 0 radical (unpaired) electrons. The average molecular weight is 316 g/mol. The van der Waals surface area contributed by atoms with Crippen molar-refractivity contribution in [2.45, 2.75) is 6.92 Å². The molecular formula is C15H16N4O4. The minimum absolute atomic E-state index is 0.123. The highest BCUT2D eigenvalue weighted by atomic mass is 16.5. The van der Waals surface area contributed by atoms with E-state index in [0.717, 1.165) is 0 Å². The van der Waals surface area contributed by atoms with Crippen LogP contribution < -0.4 is 20.1 Å². The van der Waals surface area contributed by atoms with Crippen molar-refractivity contribution in [2.75, 3.05) is 24.9 Å². The van der Waals surface area contributed by atoms with Crippen LogP contribution in [-0.2, 0) is 4.79 Å². The molecule has 1 aromatic heterocycles. The van der Waals surface area contributed by atoms with Crippen LogP contribution >= 0.6 is 0 Å². The predicted octanol–water partition coefficient (Wildman–Crippen LogP) is 1.70. The third-order valence-electron chi connectivity index (χ3n) is 2.85. The van der Waals surface area contributed by atoms with Crippen molar-refractivity contribution in [2.24, 2.45) is 0 Å². The lowest BCUT2D eigenvalue weighted by molar-refractivity contribution is -0.114. The van der Waals surface area contributed by atoms with Crippen LogP contribution in [0.15, 0.2) is 30.3 Å². The Hall–Kier alpha value is -3.16. The number of rotatable bonds is 5. The predicted molar refractivity (Wildman–Crippen MR) is 83.8 cm³/mol. The van der Waals surface area contributed by atoms with Gasteiger partial charge in [0.25, 0.3) is 5.91 Å². The van der Waals surface area contributed by atoms with Gasteiger partial charge in [-0.1, -0.05) is 0 Å². The van der Waals surface area contributed by atoms with Crippen molar-refractivity contribution in [1.29, 1.82) is 0 Å². The van der Waals surface area contributed by atoms with E-state index >= 15 is 0 Å². The second kappa shape index (κ2) is 7.21. The Kier molecular flexibility index (Phi) is 5.08. The van der Waals surface area contributed by atoms with Gasteiger partial charge in [0.15, 0.2) is 5.69 Å². The lowest BCUT2D eigenvalue weighted by Gasteiger charge is -2.12. The van der Waals surface area contributed by atoms with Gasteiger partial charge in [-0.15, -0.1) is 10.2 Å². The molecule has 0 aliphatic rings. The first-order chi connectivity index (χ1) is 11.0. The van der Waals surface area contributed by atoms with Crippen LogP contribution in [0.4, 0.5) is 11.4 Å². The molecule has 8 heteroatoms. The maximum absolute atomic E-state index is 12.2. The Balaban J connectivity index is 2.22. The number of anilines is 2. The molecule has 23 heavy (non-hydrogen) atoms. The summed E-state index contributed by atoms with van der Waals surface area (Å²) in [6.45, 7) is 1.40. The van der Waals surface area contributed by atoms with Gasteiger partial charge in [-0.05, 0) is 24.3 Å². The van der Waals surface area contributed by atoms with E-state index in [1.807, 2.05) is 0 Å². The Morgan fingerprint density at radius 2 is 1.78 bits per heavy atom. The first kappa shape index (κ1) is 16.2. The summed E-state index contributed by atoms with van der Waals surface area (Å²) in [6.07, 6.45) is 0. The van der Waals surface area contributed by atoms with Gasteiger partial charge in [-0.2, -0.15) is 0 Å². The SMILES string of the molecule is COc1ccc(C(=O)Nc2cc(NC(C)=O)ccc2OC)nn1. The molecule has 2 N–H and O–H groups in total. The van der Waals surface area contributed by atoms with Gasteiger partial charge in [-0.25, -0.2) is 0 Å². The molecule has 0 unspecified atom stereocenters. The fourth-order valence-corrected chi connectivity index (χ4v) is 1.82. The smallest absolute Gasteiger partial charge is 0.276 e. The van der Waals surface area contributed by atoms with E-state index in [-0.39, 0.29) is 11.6 Å². The molecule has 1 aromatic carbocycles. The monoisotopic (exact) mass is 316 g/mol. The van der Waals surface area contributed by atoms with Crippen molar-refractivity contribution in [3.05, 3.63) is 36.0 Å². The summed E-state index contributed by atoms with van der Waals surface area (Å²) in [5.74, 6) is 0.0904. The molecule has 120 valence electrons. The number of aromatic nitrogens is 2. The fraction of sp³-hybridized carbons (Fsp3) is 0.200. The van der Waals surface area contributed by atoms with E-state index < -0.39 is 5.91 Å². The summed E-state index contributed by atoms with van der Waals surface area (Å²) in [4.78, 5) is 23.3. The number of hydrogen-bond donors (Lipinski definition) is 2. The normalized spacial score (nSPS) is 9.87. The van der Waals surface area contributed by atoms with E-state index in [1.165, 1.54) is 33.3 Å². The zero-order valence-corrected chi connectivity index (χ0v) is 12.9. The van der Waals surface area contributed by atoms with E-state index in [0.29, 0.717) is 23.0 Å². The number of hydrogen-bond acceptors (Lipinski definition) is 6. The second-order valence-corrected chi connectivity index (χ2v) is 4.51. The molecule has 0 atom stereocenters. The highest BCUT2D eigenvalue weighted by Crippen LogP contribution is 2.28. The zero-order chi connectivity index (χ0) is 16.8. The summed E-state index contributed by atoms with van der Waals surface area (Å²) >= 11 is 0. The molecule has 1 heterocycles. The number of nitrogens with one attached hydrogen (secondary N) is 2. The Labute approximate surface area is 132 Å². The topological polar surface area (TPSA) is 102 Å². The van der Waals surface area contributed by atoms with E-state index in [2.05, 4.69) is 20.8 Å². The van der Waals surface area contributed by atoms with Gasteiger partial charge in [-0.3, -0.25) is 9.59 Å². The third kappa shape index (κ3) is 4.16. The van der Waals surface area contributed by atoms with Gasteiger partial charge in [0.2, 0.25) is 11.8 Å². The molecule has 0 aliphatic heterocycles. The van der Waals surface area contributed by atoms with Crippen LogP contribution in [0.25, 0.3) is 0 Å². The van der Waals surface area contributed by atoms with Gasteiger partial charge >= 0.3 is 0 Å². The summed E-state index contributed by atoms with van der Waals surface area (Å²) in [5.41, 5.74) is 1.06. The van der Waals surface area contributed by atoms with Crippen LogP contribution in [0.5, 0.6) is 11.6 Å². The van der Waals surface area contributed by atoms with Crippen molar-refractivity contribution >= 4 is 23.2 Å². The first-order valence-electron chi connectivity index (χ1n) is 6.68. The van der Waals surface area contributed by atoms with Crippen LogP contribution in [0.1, 0.15) is 17.4 Å². The van der Waals surface area contributed by atoms with Gasteiger partial charge < -0.3 is 20.1 Å². The summed E-state index contributed by atoms with van der Waals surface area (Å²) in [6, 6.07) is 7.93. The average Bonchev–Trinajstić information content (AvgIpc) is 2.54. The number of amides is 2. The van der Waals surface area contributed by atoms with Crippen molar-refractivity contribution in [1.82, 2.24) is 10.2 Å². The first-order valence-corrected chi connectivity index (χ1v) is 6.68. The van der Waals surface area contributed by atoms with Gasteiger partial charge in [0, 0.05) is 18.7 Å². The highest BCUT2D eigenvalue weighted by molar-refractivity contribution is 6.04. The summed E-state index contributed by atoms with van der Waals surface area (Å²) < 4.78 is 10.1. The number of ether oxygens (including phenoxy) is 2. The number of benzene rings is 1. The molecule has 2 rings (SSSR count). The molecule has 2 aromatic rings. The van der Waals surface area contributed by atoms with Gasteiger partial charge in [0.1, 0.15) is 5.75 Å². The summed E-state index contributed by atoms with van der Waals surface area (Å²) in [7, 11) is 2.94. The van der Waals surface area contributed by atoms with Crippen molar-refractivity contribution in [3.8, 4) is 11.6 Å². The van der Waals surface area contributed by atoms with Crippen LogP contribution in [0, 0.1) is 0 Å². The largest absolute Gasteiger partial charge is 0.495 e. The van der Waals surface area contributed by atoms with E-state index in [4.69, 9.17) is 9.47 Å². The lowest BCUT2D eigenvalue weighted by atomic mass is 10.2. The summed E-state index contributed by atoms with van der Waals surface area (Å²) in [5, 5.41) is 12.8. The fourth-order valence-electron chi connectivity index (χ4n) is 1.82. The lowest BCUT2D eigenvalue weighted by Crippen LogP contribution is -2.15.